The lowest BCUT2D eigenvalue weighted by molar-refractivity contribution is 0.282. The van der Waals surface area contributed by atoms with Crippen LogP contribution in [0.5, 0.6) is 0 Å². The minimum atomic E-state index is -3.72. The fraction of sp³-hybridized carbons (Fsp3) is 0.368. The van der Waals surface area contributed by atoms with Crippen molar-refractivity contribution in [1.82, 2.24) is 0 Å². The number of sulfonamides is 1. The maximum atomic E-state index is 13.0. The largest absolute Gasteiger partial charge is 0.392 e. The Morgan fingerprint density at radius 3 is 2.00 bits per heavy atom. The molecule has 0 aromatic heterocycles. The quantitative estimate of drug-likeness (QED) is 0.803. The van der Waals surface area contributed by atoms with Crippen molar-refractivity contribution in [3.63, 3.8) is 0 Å². The van der Waals surface area contributed by atoms with Gasteiger partial charge in [0.25, 0.3) is 10.0 Å². The Hall–Kier alpha value is -1.85. The number of nitrogens with one attached hydrogen (secondary N) is 1. The highest BCUT2D eigenvalue weighted by Crippen LogP contribution is 2.28. The van der Waals surface area contributed by atoms with Crippen LogP contribution < -0.4 is 4.72 Å². The van der Waals surface area contributed by atoms with Gasteiger partial charge < -0.3 is 5.11 Å². The van der Waals surface area contributed by atoms with E-state index in [0.717, 1.165) is 23.1 Å². The molecule has 0 radical (unpaired) electrons. The van der Waals surface area contributed by atoms with E-state index in [4.69, 9.17) is 0 Å². The number of para-hydroxylation sites is 1. The number of aryl methyl sites for hydroxylation is 3. The van der Waals surface area contributed by atoms with Crippen LogP contribution in [0, 0.1) is 0 Å². The minimum absolute atomic E-state index is 0.214. The van der Waals surface area contributed by atoms with Crippen LogP contribution in [0.25, 0.3) is 0 Å². The third-order valence-electron chi connectivity index (χ3n) is 4.17. The van der Waals surface area contributed by atoms with Crippen molar-refractivity contribution in [3.8, 4) is 0 Å². The lowest BCUT2D eigenvalue weighted by atomic mass is 10.0. The molecular formula is C19H25NO3S. The summed E-state index contributed by atoms with van der Waals surface area (Å²) in [5, 5.41) is 9.42. The molecule has 130 valence electrons. The van der Waals surface area contributed by atoms with Gasteiger partial charge in [-0.1, -0.05) is 51.1 Å². The van der Waals surface area contributed by atoms with Crippen LogP contribution in [-0.4, -0.2) is 13.5 Å². The number of hydrogen-bond acceptors (Lipinski definition) is 3. The van der Waals surface area contributed by atoms with E-state index in [0.29, 0.717) is 29.0 Å². The average Bonchev–Trinajstić information content (AvgIpc) is 2.60. The van der Waals surface area contributed by atoms with Crippen molar-refractivity contribution in [3.05, 3.63) is 58.7 Å². The highest BCUT2D eigenvalue weighted by atomic mass is 32.2. The molecule has 5 heteroatoms. The summed E-state index contributed by atoms with van der Waals surface area (Å²) in [6, 6.07) is 10.9. The summed E-state index contributed by atoms with van der Waals surface area (Å²) in [4.78, 5) is 0.373. The van der Waals surface area contributed by atoms with Crippen LogP contribution in [0.4, 0.5) is 5.69 Å². The number of aliphatic hydroxyl groups excluding tert-OH is 1. The maximum absolute atomic E-state index is 13.0. The first-order valence-corrected chi connectivity index (χ1v) is 9.81. The molecule has 0 atom stereocenters. The highest BCUT2D eigenvalue weighted by Gasteiger charge is 2.23. The summed E-state index contributed by atoms with van der Waals surface area (Å²) >= 11 is 0. The standard InChI is InChI=1S/C19H25NO3S/c1-4-14-11-15(5-2)19(16(6-3)12-14)24(22,23)20-18-10-8-7-9-17(18)13-21/h7-12,20-21H,4-6,13H2,1-3H3. The zero-order chi connectivity index (χ0) is 17.7. The highest BCUT2D eigenvalue weighted by molar-refractivity contribution is 7.92. The molecule has 0 heterocycles. The Bertz CT molecular complexity index is 788. The van der Waals surface area contributed by atoms with Crippen LogP contribution in [0.3, 0.4) is 0 Å². The second kappa shape index (κ2) is 7.81. The molecule has 0 amide bonds. The Labute approximate surface area is 144 Å². The molecule has 0 saturated carbocycles. The van der Waals surface area contributed by atoms with Gasteiger partial charge in [0.2, 0.25) is 0 Å². The molecule has 2 aromatic rings. The molecule has 0 unspecified atom stereocenters. The molecule has 24 heavy (non-hydrogen) atoms. The summed E-state index contributed by atoms with van der Waals surface area (Å²) in [5.74, 6) is 0. The zero-order valence-electron chi connectivity index (χ0n) is 14.5. The zero-order valence-corrected chi connectivity index (χ0v) is 15.3. The van der Waals surface area contributed by atoms with Gasteiger partial charge in [-0.2, -0.15) is 0 Å². The monoisotopic (exact) mass is 347 g/mol. The molecule has 0 aliphatic rings. The van der Waals surface area contributed by atoms with Gasteiger partial charge >= 0.3 is 0 Å². The van der Waals surface area contributed by atoms with Gasteiger partial charge in [-0.05, 0) is 42.0 Å². The molecular weight excluding hydrogens is 322 g/mol. The van der Waals surface area contributed by atoms with E-state index in [9.17, 15) is 13.5 Å². The number of aliphatic hydroxyl groups is 1. The molecule has 0 bridgehead atoms. The predicted molar refractivity (Wildman–Crippen MR) is 97.7 cm³/mol. The first-order valence-electron chi connectivity index (χ1n) is 8.33. The second-order valence-corrected chi connectivity index (χ2v) is 7.34. The Kier molecular flexibility index (Phi) is 6.02. The summed E-state index contributed by atoms with van der Waals surface area (Å²) < 4.78 is 28.7. The van der Waals surface area contributed by atoms with E-state index < -0.39 is 10.0 Å². The summed E-state index contributed by atoms with van der Waals surface area (Å²) in [7, 11) is -3.72. The van der Waals surface area contributed by atoms with E-state index in [-0.39, 0.29) is 6.61 Å². The minimum Gasteiger partial charge on any atom is -0.392 e. The van der Waals surface area contributed by atoms with Crippen molar-refractivity contribution in [1.29, 1.82) is 0 Å². The van der Waals surface area contributed by atoms with Crippen molar-refractivity contribution in [2.45, 2.75) is 51.5 Å². The van der Waals surface area contributed by atoms with Crippen LogP contribution in [0.15, 0.2) is 41.3 Å². The van der Waals surface area contributed by atoms with Gasteiger partial charge in [-0.3, -0.25) is 4.72 Å². The molecule has 2 aromatic carbocycles. The average molecular weight is 347 g/mol. The second-order valence-electron chi connectivity index (χ2n) is 5.72. The van der Waals surface area contributed by atoms with E-state index in [2.05, 4.69) is 11.6 Å². The van der Waals surface area contributed by atoms with Gasteiger partial charge in [0.15, 0.2) is 0 Å². The molecule has 0 aliphatic carbocycles. The molecule has 0 fully saturated rings. The van der Waals surface area contributed by atoms with Crippen molar-refractivity contribution in [2.75, 3.05) is 4.72 Å². The SMILES string of the molecule is CCc1cc(CC)c(S(=O)(=O)Nc2ccccc2CO)c(CC)c1. The molecule has 0 aliphatic heterocycles. The molecule has 2 N–H and O–H groups in total. The van der Waals surface area contributed by atoms with E-state index in [1.165, 1.54) is 0 Å². The topological polar surface area (TPSA) is 66.4 Å². The first-order chi connectivity index (χ1) is 11.5. The van der Waals surface area contributed by atoms with Crippen LogP contribution in [0.2, 0.25) is 0 Å². The molecule has 0 spiro atoms. The first kappa shape index (κ1) is 18.5. The number of anilines is 1. The molecule has 0 saturated heterocycles. The van der Waals surface area contributed by atoms with Gasteiger partial charge in [0.1, 0.15) is 0 Å². The fourth-order valence-electron chi connectivity index (χ4n) is 2.85. The smallest absolute Gasteiger partial charge is 0.262 e. The van der Waals surface area contributed by atoms with Crippen molar-refractivity contribution < 1.29 is 13.5 Å². The van der Waals surface area contributed by atoms with Gasteiger partial charge in [-0.15, -0.1) is 0 Å². The van der Waals surface area contributed by atoms with Gasteiger partial charge in [-0.25, -0.2) is 8.42 Å². The summed E-state index contributed by atoms with van der Waals surface area (Å²) in [6.07, 6.45) is 2.18. The normalized spacial score (nSPS) is 11.5. The van der Waals surface area contributed by atoms with E-state index in [1.54, 1.807) is 24.3 Å². The third-order valence-corrected chi connectivity index (χ3v) is 5.72. The third kappa shape index (κ3) is 3.79. The van der Waals surface area contributed by atoms with Crippen molar-refractivity contribution >= 4 is 15.7 Å². The maximum Gasteiger partial charge on any atom is 0.262 e. The Morgan fingerprint density at radius 1 is 0.917 bits per heavy atom. The van der Waals surface area contributed by atoms with Crippen LogP contribution >= 0.6 is 0 Å². The molecule has 4 nitrogen and oxygen atoms in total. The van der Waals surface area contributed by atoms with Gasteiger partial charge in [0.05, 0.1) is 17.2 Å². The summed E-state index contributed by atoms with van der Waals surface area (Å²) in [5.41, 5.74) is 3.80. The van der Waals surface area contributed by atoms with E-state index in [1.807, 2.05) is 26.0 Å². The Morgan fingerprint density at radius 2 is 1.50 bits per heavy atom. The predicted octanol–water partition coefficient (Wildman–Crippen LogP) is 3.67. The number of benzene rings is 2. The van der Waals surface area contributed by atoms with Crippen LogP contribution in [-0.2, 0) is 35.9 Å². The molecule has 2 rings (SSSR count). The van der Waals surface area contributed by atoms with Crippen LogP contribution in [0.1, 0.15) is 43.0 Å². The van der Waals surface area contributed by atoms with Gasteiger partial charge in [0, 0.05) is 5.56 Å². The number of hydrogen-bond donors (Lipinski definition) is 2. The van der Waals surface area contributed by atoms with E-state index >= 15 is 0 Å². The Balaban J connectivity index is 2.56. The lowest BCUT2D eigenvalue weighted by Gasteiger charge is -2.18. The summed E-state index contributed by atoms with van der Waals surface area (Å²) in [6.45, 7) is 5.79. The number of rotatable bonds is 7. The van der Waals surface area contributed by atoms with Crippen molar-refractivity contribution in [2.24, 2.45) is 0 Å². The lowest BCUT2D eigenvalue weighted by Crippen LogP contribution is -2.18. The fourth-order valence-corrected chi connectivity index (χ4v) is 4.54.